The summed E-state index contributed by atoms with van der Waals surface area (Å²) in [7, 11) is 1.74. The average Bonchev–Trinajstić information content (AvgIpc) is 3.16. The Morgan fingerprint density at radius 3 is 2.27 bits per heavy atom. The van der Waals surface area contributed by atoms with Gasteiger partial charge >= 0.3 is 6.03 Å². The van der Waals surface area contributed by atoms with Crippen LogP contribution in [-0.2, 0) is 4.79 Å². The summed E-state index contributed by atoms with van der Waals surface area (Å²) in [6.45, 7) is 1.26. The number of likely N-dealkylation sites (tertiary alicyclic amines) is 1. The lowest BCUT2D eigenvalue weighted by atomic mass is 9.84. The zero-order valence-corrected chi connectivity index (χ0v) is 16.9. The molecule has 0 spiro atoms. The van der Waals surface area contributed by atoms with E-state index in [1.807, 2.05) is 4.90 Å². The van der Waals surface area contributed by atoms with Gasteiger partial charge in [0.2, 0.25) is 5.91 Å². The van der Waals surface area contributed by atoms with Crippen LogP contribution in [0.5, 0.6) is 0 Å². The standard InChI is InChI=1S/C23H25F2N3O2/c1-27(21-9-10-28(14-21)22(29)16-3-2-4-16)23(30)26-20-7-5-15(6-8-20)17-11-18(24)13-19(25)12-17/h5-8,11-13,16,21H,2-4,9-10,14H2,1H3,(H,26,30)/t21-/m0/s1. The molecular formula is C23H25F2N3O2. The van der Waals surface area contributed by atoms with E-state index in [-0.39, 0.29) is 23.9 Å². The van der Waals surface area contributed by atoms with Crippen molar-refractivity contribution in [1.29, 1.82) is 0 Å². The molecule has 0 unspecified atom stereocenters. The SMILES string of the molecule is CN(C(=O)Nc1ccc(-c2cc(F)cc(F)c2)cc1)[C@H]1CCN(C(=O)C2CCC2)C1. The maximum absolute atomic E-state index is 13.4. The first kappa shape index (κ1) is 20.3. The Kier molecular flexibility index (Phi) is 5.70. The molecule has 1 atom stereocenters. The molecule has 2 aliphatic rings. The Hall–Kier alpha value is -2.96. The molecule has 0 aromatic heterocycles. The fourth-order valence-corrected chi connectivity index (χ4v) is 4.02. The molecule has 1 N–H and O–H groups in total. The second-order valence-electron chi connectivity index (χ2n) is 8.13. The van der Waals surface area contributed by atoms with E-state index in [1.165, 1.54) is 12.1 Å². The Bertz CT molecular complexity index is 924. The van der Waals surface area contributed by atoms with Gasteiger partial charge in [0.1, 0.15) is 11.6 Å². The summed E-state index contributed by atoms with van der Waals surface area (Å²) in [5, 5.41) is 2.84. The molecule has 30 heavy (non-hydrogen) atoms. The van der Waals surface area contributed by atoms with Crippen LogP contribution < -0.4 is 5.32 Å². The minimum absolute atomic E-state index is 0.0106. The van der Waals surface area contributed by atoms with Crippen molar-refractivity contribution in [2.75, 3.05) is 25.5 Å². The number of carbonyl (C=O) groups is 2. The largest absolute Gasteiger partial charge is 0.340 e. The quantitative estimate of drug-likeness (QED) is 0.803. The first-order chi connectivity index (χ1) is 14.4. The van der Waals surface area contributed by atoms with Crippen LogP contribution in [0.15, 0.2) is 42.5 Å². The van der Waals surface area contributed by atoms with E-state index in [9.17, 15) is 18.4 Å². The molecule has 1 heterocycles. The van der Waals surface area contributed by atoms with Crippen molar-refractivity contribution >= 4 is 17.6 Å². The van der Waals surface area contributed by atoms with Gasteiger partial charge in [-0.3, -0.25) is 4.79 Å². The summed E-state index contributed by atoms with van der Waals surface area (Å²) in [5.74, 6) is -0.870. The second kappa shape index (κ2) is 8.42. The molecule has 158 valence electrons. The fourth-order valence-electron chi connectivity index (χ4n) is 4.02. The van der Waals surface area contributed by atoms with Crippen LogP contribution in [-0.4, -0.2) is 47.9 Å². The highest BCUT2D eigenvalue weighted by molar-refractivity contribution is 5.90. The van der Waals surface area contributed by atoms with E-state index in [2.05, 4.69) is 5.32 Å². The van der Waals surface area contributed by atoms with E-state index in [4.69, 9.17) is 0 Å². The van der Waals surface area contributed by atoms with Crippen molar-refractivity contribution in [2.45, 2.75) is 31.7 Å². The Balaban J connectivity index is 1.34. The summed E-state index contributed by atoms with van der Waals surface area (Å²) >= 11 is 0. The van der Waals surface area contributed by atoms with Crippen LogP contribution >= 0.6 is 0 Å². The molecule has 1 aliphatic carbocycles. The molecule has 2 fully saturated rings. The summed E-state index contributed by atoms with van der Waals surface area (Å²) in [5.41, 5.74) is 1.68. The lowest BCUT2D eigenvalue weighted by molar-refractivity contribution is -0.137. The van der Waals surface area contributed by atoms with E-state index < -0.39 is 11.6 Å². The number of hydrogen-bond donors (Lipinski definition) is 1. The normalized spacial score (nSPS) is 18.8. The number of rotatable bonds is 4. The van der Waals surface area contributed by atoms with Crippen LogP contribution in [0.2, 0.25) is 0 Å². The topological polar surface area (TPSA) is 52.7 Å². The molecule has 5 nitrogen and oxygen atoms in total. The molecular weight excluding hydrogens is 388 g/mol. The van der Waals surface area contributed by atoms with Gasteiger partial charge in [-0.25, -0.2) is 13.6 Å². The molecule has 3 amide bonds. The van der Waals surface area contributed by atoms with Crippen molar-refractivity contribution in [3.8, 4) is 11.1 Å². The molecule has 0 radical (unpaired) electrons. The highest BCUT2D eigenvalue weighted by Gasteiger charge is 2.35. The number of urea groups is 1. The van der Waals surface area contributed by atoms with Crippen molar-refractivity contribution < 1.29 is 18.4 Å². The van der Waals surface area contributed by atoms with E-state index in [0.29, 0.717) is 29.9 Å². The highest BCUT2D eigenvalue weighted by Crippen LogP contribution is 2.30. The average molecular weight is 413 g/mol. The van der Waals surface area contributed by atoms with Crippen molar-refractivity contribution in [1.82, 2.24) is 9.80 Å². The third-order valence-electron chi connectivity index (χ3n) is 6.13. The van der Waals surface area contributed by atoms with Gasteiger partial charge in [-0.05, 0) is 54.7 Å². The van der Waals surface area contributed by atoms with Gasteiger partial charge in [0.15, 0.2) is 0 Å². The minimum Gasteiger partial charge on any atom is -0.340 e. The smallest absolute Gasteiger partial charge is 0.321 e. The number of nitrogens with one attached hydrogen (secondary N) is 1. The monoisotopic (exact) mass is 413 g/mol. The number of nitrogens with zero attached hydrogens (tertiary/aromatic N) is 2. The van der Waals surface area contributed by atoms with Crippen molar-refractivity contribution in [3.05, 3.63) is 54.1 Å². The first-order valence-corrected chi connectivity index (χ1v) is 10.3. The Morgan fingerprint density at radius 1 is 1.00 bits per heavy atom. The predicted molar refractivity (Wildman–Crippen MR) is 111 cm³/mol. The number of carbonyl (C=O) groups excluding carboxylic acids is 2. The van der Waals surface area contributed by atoms with Gasteiger partial charge in [0.25, 0.3) is 0 Å². The van der Waals surface area contributed by atoms with E-state index in [1.54, 1.807) is 36.2 Å². The zero-order valence-electron chi connectivity index (χ0n) is 16.9. The molecule has 1 aliphatic heterocycles. The Morgan fingerprint density at radius 2 is 1.67 bits per heavy atom. The number of likely N-dealkylation sites (N-methyl/N-ethyl adjacent to an activating group) is 1. The summed E-state index contributed by atoms with van der Waals surface area (Å²) in [6.07, 6.45) is 3.86. The molecule has 1 saturated heterocycles. The Labute approximate surface area is 174 Å². The molecule has 2 aromatic rings. The zero-order chi connectivity index (χ0) is 21.3. The summed E-state index contributed by atoms with van der Waals surface area (Å²) < 4.78 is 26.8. The molecule has 1 saturated carbocycles. The minimum atomic E-state index is -0.634. The molecule has 0 bridgehead atoms. The predicted octanol–water partition coefficient (Wildman–Crippen LogP) is 4.50. The molecule has 4 rings (SSSR count). The third-order valence-corrected chi connectivity index (χ3v) is 6.13. The lowest BCUT2D eigenvalue weighted by Crippen LogP contribution is -2.43. The van der Waals surface area contributed by atoms with Gasteiger partial charge < -0.3 is 15.1 Å². The number of halogens is 2. The van der Waals surface area contributed by atoms with E-state index >= 15 is 0 Å². The fraction of sp³-hybridized carbons (Fsp3) is 0.391. The van der Waals surface area contributed by atoms with Gasteiger partial charge in [-0.2, -0.15) is 0 Å². The maximum Gasteiger partial charge on any atom is 0.321 e. The maximum atomic E-state index is 13.4. The van der Waals surface area contributed by atoms with E-state index in [0.717, 1.165) is 31.7 Å². The van der Waals surface area contributed by atoms with Gasteiger partial charge in [0, 0.05) is 37.8 Å². The first-order valence-electron chi connectivity index (χ1n) is 10.3. The number of benzene rings is 2. The number of amides is 3. The highest BCUT2D eigenvalue weighted by atomic mass is 19.1. The summed E-state index contributed by atoms with van der Waals surface area (Å²) in [6, 6.07) is 9.92. The number of hydrogen-bond acceptors (Lipinski definition) is 2. The van der Waals surface area contributed by atoms with Gasteiger partial charge in [-0.1, -0.05) is 18.6 Å². The van der Waals surface area contributed by atoms with Gasteiger partial charge in [-0.15, -0.1) is 0 Å². The van der Waals surface area contributed by atoms with Crippen LogP contribution in [0.1, 0.15) is 25.7 Å². The second-order valence-corrected chi connectivity index (χ2v) is 8.13. The van der Waals surface area contributed by atoms with Crippen LogP contribution in [0.25, 0.3) is 11.1 Å². The number of anilines is 1. The van der Waals surface area contributed by atoms with Crippen LogP contribution in [0.4, 0.5) is 19.3 Å². The van der Waals surface area contributed by atoms with Crippen LogP contribution in [0.3, 0.4) is 0 Å². The lowest BCUT2D eigenvalue weighted by Gasteiger charge is -2.30. The third kappa shape index (κ3) is 4.30. The van der Waals surface area contributed by atoms with Crippen molar-refractivity contribution in [2.24, 2.45) is 5.92 Å². The molecule has 2 aromatic carbocycles. The summed E-state index contributed by atoms with van der Waals surface area (Å²) in [4.78, 5) is 28.6. The van der Waals surface area contributed by atoms with Gasteiger partial charge in [0.05, 0.1) is 6.04 Å². The molecule has 7 heteroatoms. The van der Waals surface area contributed by atoms with Crippen LogP contribution in [0, 0.1) is 17.6 Å². The van der Waals surface area contributed by atoms with Crippen molar-refractivity contribution in [3.63, 3.8) is 0 Å².